The van der Waals surface area contributed by atoms with Crippen molar-refractivity contribution in [2.45, 2.75) is 57.4 Å². The first kappa shape index (κ1) is 24.8. The number of hydrogen-bond donors (Lipinski definition) is 3. The lowest BCUT2D eigenvalue weighted by Gasteiger charge is -2.31. The van der Waals surface area contributed by atoms with Crippen LogP contribution in [0.4, 0.5) is 4.79 Å². The number of unbranched alkanes of at least 4 members (excludes halogenated alkanes) is 1. The van der Waals surface area contributed by atoms with E-state index in [4.69, 9.17) is 4.74 Å². The average molecular weight is 479 g/mol. The van der Waals surface area contributed by atoms with Crippen molar-refractivity contribution in [1.29, 1.82) is 0 Å². The van der Waals surface area contributed by atoms with Crippen molar-refractivity contribution in [1.82, 2.24) is 10.6 Å². The smallest absolute Gasteiger partial charge is 0.407 e. The van der Waals surface area contributed by atoms with E-state index in [0.717, 1.165) is 54.4 Å². The average Bonchev–Trinajstić information content (AvgIpc) is 3.15. The van der Waals surface area contributed by atoms with Crippen LogP contribution in [-0.4, -0.2) is 42.3 Å². The van der Waals surface area contributed by atoms with Gasteiger partial charge in [0.2, 0.25) is 5.91 Å². The van der Waals surface area contributed by atoms with Crippen LogP contribution in [0.1, 0.15) is 62.5 Å². The molecule has 2 unspecified atom stereocenters. The molecule has 2 aliphatic rings. The molecule has 0 bridgehead atoms. The minimum atomic E-state index is -0.885. The van der Waals surface area contributed by atoms with Gasteiger partial charge in [-0.2, -0.15) is 0 Å². The maximum atomic E-state index is 12.9. The number of rotatable bonds is 11. The summed E-state index contributed by atoms with van der Waals surface area (Å²) >= 11 is 0. The summed E-state index contributed by atoms with van der Waals surface area (Å²) < 4.78 is 5.60. The summed E-state index contributed by atoms with van der Waals surface area (Å²) in [6.45, 7) is 2.26. The number of fused-ring (bicyclic) bond motifs is 3. The number of carbonyl (C=O) groups is 3. The number of benzene rings is 2. The van der Waals surface area contributed by atoms with Gasteiger partial charge in [0, 0.05) is 12.5 Å². The van der Waals surface area contributed by atoms with E-state index >= 15 is 0 Å². The summed E-state index contributed by atoms with van der Waals surface area (Å²) in [5.41, 5.74) is 4.54. The fourth-order valence-electron chi connectivity index (χ4n) is 5.09. The van der Waals surface area contributed by atoms with Crippen LogP contribution in [0.25, 0.3) is 11.1 Å². The molecular formula is C28H34N2O5. The van der Waals surface area contributed by atoms with Gasteiger partial charge in [-0.25, -0.2) is 4.79 Å². The second-order valence-corrected chi connectivity index (χ2v) is 9.55. The van der Waals surface area contributed by atoms with Crippen LogP contribution in [-0.2, 0) is 14.3 Å². The van der Waals surface area contributed by atoms with Gasteiger partial charge in [-0.3, -0.25) is 9.59 Å². The Bertz CT molecular complexity index is 1020. The van der Waals surface area contributed by atoms with Crippen LogP contribution in [0.3, 0.4) is 0 Å². The van der Waals surface area contributed by atoms with Crippen molar-refractivity contribution in [3.63, 3.8) is 0 Å². The molecule has 2 aromatic rings. The Hall–Kier alpha value is -3.35. The molecule has 0 aromatic heterocycles. The summed E-state index contributed by atoms with van der Waals surface area (Å²) in [5.74, 6) is -1.79. The van der Waals surface area contributed by atoms with E-state index in [0.29, 0.717) is 6.42 Å². The summed E-state index contributed by atoms with van der Waals surface area (Å²) in [7, 11) is 0. The number of hydrogen-bond acceptors (Lipinski definition) is 4. The van der Waals surface area contributed by atoms with Crippen molar-refractivity contribution in [2.24, 2.45) is 11.8 Å². The Labute approximate surface area is 206 Å². The quantitative estimate of drug-likeness (QED) is 0.434. The highest BCUT2D eigenvalue weighted by Crippen LogP contribution is 2.44. The Morgan fingerprint density at radius 3 is 2.20 bits per heavy atom. The molecule has 0 heterocycles. The Balaban J connectivity index is 1.35. The number of alkyl carbamates (subject to hydrolysis) is 1. The third-order valence-electron chi connectivity index (χ3n) is 7.33. The fraction of sp³-hybridized carbons (Fsp3) is 0.464. The first-order valence-electron chi connectivity index (χ1n) is 12.6. The number of aliphatic carboxylic acids is 1. The van der Waals surface area contributed by atoms with Gasteiger partial charge in [0.15, 0.2) is 0 Å². The molecule has 186 valence electrons. The van der Waals surface area contributed by atoms with E-state index < -0.39 is 24.0 Å². The van der Waals surface area contributed by atoms with Crippen LogP contribution in [0, 0.1) is 11.8 Å². The third kappa shape index (κ3) is 5.66. The van der Waals surface area contributed by atoms with E-state index in [9.17, 15) is 19.5 Å². The van der Waals surface area contributed by atoms with Gasteiger partial charge in [-0.1, -0.05) is 74.7 Å². The van der Waals surface area contributed by atoms with Gasteiger partial charge in [-0.05, 0) is 47.4 Å². The van der Waals surface area contributed by atoms with Gasteiger partial charge < -0.3 is 20.5 Å². The zero-order valence-electron chi connectivity index (χ0n) is 20.2. The van der Waals surface area contributed by atoms with Gasteiger partial charge in [-0.15, -0.1) is 0 Å². The molecule has 1 fully saturated rings. The lowest BCUT2D eigenvalue weighted by molar-refractivity contribution is -0.144. The fourth-order valence-corrected chi connectivity index (χ4v) is 5.09. The van der Waals surface area contributed by atoms with Crippen molar-refractivity contribution in [2.75, 3.05) is 13.2 Å². The van der Waals surface area contributed by atoms with E-state index in [1.807, 2.05) is 31.2 Å². The number of nitrogens with one attached hydrogen (secondary N) is 2. The third-order valence-corrected chi connectivity index (χ3v) is 7.33. The first-order chi connectivity index (χ1) is 17.0. The van der Waals surface area contributed by atoms with Crippen molar-refractivity contribution in [3.05, 3.63) is 59.7 Å². The van der Waals surface area contributed by atoms with Crippen LogP contribution >= 0.6 is 0 Å². The molecule has 2 aliphatic carbocycles. The number of ether oxygens (including phenoxy) is 1. The van der Waals surface area contributed by atoms with Crippen LogP contribution in [0.15, 0.2) is 48.5 Å². The predicted octanol–water partition coefficient (Wildman–Crippen LogP) is 4.70. The van der Waals surface area contributed by atoms with Crippen molar-refractivity contribution < 1.29 is 24.2 Å². The minimum absolute atomic E-state index is 0.0603. The highest BCUT2D eigenvalue weighted by atomic mass is 16.5. The van der Waals surface area contributed by atoms with Gasteiger partial charge >= 0.3 is 12.1 Å². The Kier molecular flexibility index (Phi) is 8.06. The standard InChI is InChI=1S/C28H34N2O5/c1-2-3-15-25(26(31)29-16-23(27(32)33)18-9-8-10-18)30-28(34)35-17-24-21-13-6-4-11-19(21)20-12-5-7-14-22(20)24/h4-7,11-14,18,23-25H,2-3,8-10,15-17H2,1H3,(H,29,31)(H,30,34)(H,32,33). The molecule has 35 heavy (non-hydrogen) atoms. The monoisotopic (exact) mass is 478 g/mol. The second-order valence-electron chi connectivity index (χ2n) is 9.55. The molecule has 3 N–H and O–H groups in total. The summed E-state index contributed by atoms with van der Waals surface area (Å²) in [6, 6.07) is 15.5. The van der Waals surface area contributed by atoms with E-state index in [-0.39, 0.29) is 30.9 Å². The first-order valence-corrected chi connectivity index (χ1v) is 12.6. The van der Waals surface area contributed by atoms with Crippen molar-refractivity contribution >= 4 is 18.0 Å². The van der Waals surface area contributed by atoms with E-state index in [1.165, 1.54) is 0 Å². The normalized spacial score (nSPS) is 16.4. The molecule has 0 radical (unpaired) electrons. The summed E-state index contributed by atoms with van der Waals surface area (Å²) in [5, 5.41) is 15.0. The van der Waals surface area contributed by atoms with Crippen LogP contribution in [0.2, 0.25) is 0 Å². The molecule has 7 heteroatoms. The zero-order chi connectivity index (χ0) is 24.8. The number of carboxylic acid groups (broad SMARTS) is 1. The highest BCUT2D eigenvalue weighted by Gasteiger charge is 2.34. The topological polar surface area (TPSA) is 105 Å². The zero-order valence-corrected chi connectivity index (χ0v) is 20.2. The summed E-state index contributed by atoms with van der Waals surface area (Å²) in [4.78, 5) is 37.2. The molecule has 0 aliphatic heterocycles. The van der Waals surface area contributed by atoms with E-state index in [1.54, 1.807) is 0 Å². The Morgan fingerprint density at radius 2 is 1.66 bits per heavy atom. The van der Waals surface area contributed by atoms with Gasteiger partial charge in [0.05, 0.1) is 5.92 Å². The summed E-state index contributed by atoms with van der Waals surface area (Å²) in [6.07, 6.45) is 4.24. The maximum Gasteiger partial charge on any atom is 0.407 e. The molecule has 7 nitrogen and oxygen atoms in total. The molecule has 1 saturated carbocycles. The van der Waals surface area contributed by atoms with Gasteiger partial charge in [0.1, 0.15) is 12.6 Å². The van der Waals surface area contributed by atoms with E-state index in [2.05, 4.69) is 34.9 Å². The highest BCUT2D eigenvalue weighted by molar-refractivity contribution is 5.86. The van der Waals surface area contributed by atoms with Crippen LogP contribution < -0.4 is 10.6 Å². The molecule has 2 amide bonds. The lowest BCUT2D eigenvalue weighted by Crippen LogP contribution is -2.49. The predicted molar refractivity (Wildman–Crippen MR) is 133 cm³/mol. The largest absolute Gasteiger partial charge is 0.481 e. The number of carbonyl (C=O) groups excluding carboxylic acids is 2. The SMILES string of the molecule is CCCCC(NC(=O)OCC1c2ccccc2-c2ccccc21)C(=O)NCC(C(=O)O)C1CCC1. The molecule has 2 aromatic carbocycles. The number of carboxylic acids is 1. The van der Waals surface area contributed by atoms with Gasteiger partial charge in [0.25, 0.3) is 0 Å². The molecule has 2 atom stereocenters. The van der Waals surface area contributed by atoms with Crippen LogP contribution in [0.5, 0.6) is 0 Å². The van der Waals surface area contributed by atoms with Crippen molar-refractivity contribution in [3.8, 4) is 11.1 Å². The molecule has 0 saturated heterocycles. The minimum Gasteiger partial charge on any atom is -0.481 e. The Morgan fingerprint density at radius 1 is 1.03 bits per heavy atom. The maximum absolute atomic E-state index is 12.9. The molecule has 0 spiro atoms. The lowest BCUT2D eigenvalue weighted by atomic mass is 9.76. The number of amides is 2. The molecule has 4 rings (SSSR count). The second kappa shape index (κ2) is 11.4. The molecular weight excluding hydrogens is 444 g/mol.